The molecule has 0 spiro atoms. The Hall–Kier alpha value is -2.56. The Morgan fingerprint density at radius 2 is 2.21 bits per heavy atom. The number of nitrogens with zero attached hydrogens (tertiary/aromatic N) is 3. The first kappa shape index (κ1) is 13.8. The van der Waals surface area contributed by atoms with Gasteiger partial charge in [-0.2, -0.15) is 0 Å². The normalized spacial score (nSPS) is 20.3. The number of H-pyrrole nitrogens is 1. The minimum absolute atomic E-state index is 0.539. The summed E-state index contributed by atoms with van der Waals surface area (Å²) < 4.78 is 2.14. The van der Waals surface area contributed by atoms with Crippen molar-refractivity contribution in [1.82, 2.24) is 19.4 Å². The van der Waals surface area contributed by atoms with Crippen molar-refractivity contribution in [2.24, 2.45) is 5.92 Å². The van der Waals surface area contributed by atoms with Gasteiger partial charge in [0.15, 0.2) is 0 Å². The molecule has 1 unspecified atom stereocenters. The molecule has 0 bridgehead atoms. The van der Waals surface area contributed by atoms with Gasteiger partial charge in [0, 0.05) is 24.0 Å². The van der Waals surface area contributed by atoms with Gasteiger partial charge in [-0.15, -0.1) is 0 Å². The first-order valence-corrected chi connectivity index (χ1v) is 8.73. The Bertz CT molecular complexity index is 958. The monoisotopic (exact) mass is 319 g/mol. The summed E-state index contributed by atoms with van der Waals surface area (Å²) >= 11 is 0. The molecule has 5 heteroatoms. The van der Waals surface area contributed by atoms with Gasteiger partial charge in [-0.1, -0.05) is 25.5 Å². The van der Waals surface area contributed by atoms with Crippen molar-refractivity contribution in [1.29, 1.82) is 0 Å². The highest BCUT2D eigenvalue weighted by molar-refractivity contribution is 5.85. The number of fused-ring (bicyclic) bond motifs is 2. The average molecular weight is 319 g/mol. The molecule has 2 aliphatic rings. The Morgan fingerprint density at radius 3 is 3.00 bits per heavy atom. The third-order valence-corrected chi connectivity index (χ3v) is 5.40. The van der Waals surface area contributed by atoms with Crippen LogP contribution in [0.5, 0.6) is 0 Å². The van der Waals surface area contributed by atoms with Gasteiger partial charge in [0.05, 0.1) is 5.69 Å². The lowest BCUT2D eigenvalue weighted by Crippen LogP contribution is -2.12. The number of allylic oxidation sites excluding steroid dienone is 1. The molecular weight excluding hydrogens is 298 g/mol. The van der Waals surface area contributed by atoms with E-state index in [1.165, 1.54) is 30.5 Å². The molecule has 0 aliphatic heterocycles. The molecule has 24 heavy (non-hydrogen) atoms. The highest BCUT2D eigenvalue weighted by Crippen LogP contribution is 2.39. The third-order valence-electron chi connectivity index (χ3n) is 5.40. The van der Waals surface area contributed by atoms with Crippen LogP contribution in [0.25, 0.3) is 23.0 Å². The fourth-order valence-electron chi connectivity index (χ4n) is 3.85. The number of aromatic amines is 1. The van der Waals surface area contributed by atoms with Crippen molar-refractivity contribution in [3.05, 3.63) is 41.6 Å². The van der Waals surface area contributed by atoms with Gasteiger partial charge >= 0.3 is 0 Å². The van der Waals surface area contributed by atoms with Crippen LogP contribution in [0.15, 0.2) is 24.5 Å². The van der Waals surface area contributed by atoms with Crippen molar-refractivity contribution in [2.45, 2.75) is 38.5 Å². The quantitative estimate of drug-likeness (QED) is 0.755. The third kappa shape index (κ3) is 1.94. The molecular formula is C19H21N5. The Kier molecular flexibility index (Phi) is 2.86. The number of imidazole rings is 1. The van der Waals surface area contributed by atoms with Gasteiger partial charge in [0.25, 0.3) is 0 Å². The lowest BCUT2D eigenvalue weighted by Gasteiger charge is -2.23. The summed E-state index contributed by atoms with van der Waals surface area (Å²) in [5.74, 6) is 2.77. The van der Waals surface area contributed by atoms with E-state index >= 15 is 0 Å². The Balaban J connectivity index is 1.71. The minimum Gasteiger partial charge on any atom is -0.382 e. The predicted octanol–water partition coefficient (Wildman–Crippen LogP) is 3.78. The lowest BCUT2D eigenvalue weighted by atomic mass is 9.85. The van der Waals surface area contributed by atoms with Crippen LogP contribution in [0.1, 0.15) is 49.2 Å². The van der Waals surface area contributed by atoms with E-state index in [1.54, 1.807) is 6.20 Å². The second-order valence-corrected chi connectivity index (χ2v) is 7.13. The van der Waals surface area contributed by atoms with Crippen LogP contribution in [0.4, 0.5) is 5.82 Å². The number of nitrogens with two attached hydrogens (primary N) is 1. The van der Waals surface area contributed by atoms with Crippen LogP contribution >= 0.6 is 0 Å². The summed E-state index contributed by atoms with van der Waals surface area (Å²) in [6.07, 6.45) is 13.0. The highest BCUT2D eigenvalue weighted by Gasteiger charge is 2.27. The summed E-state index contributed by atoms with van der Waals surface area (Å²) in [7, 11) is 0. The number of hydrogen-bond donors (Lipinski definition) is 2. The number of anilines is 1. The minimum atomic E-state index is 0.539. The molecule has 5 rings (SSSR count). The molecule has 0 radical (unpaired) electrons. The summed E-state index contributed by atoms with van der Waals surface area (Å²) in [6.45, 7) is 2.24. The van der Waals surface area contributed by atoms with Crippen LogP contribution in [0.3, 0.4) is 0 Å². The number of rotatable bonds is 2. The second kappa shape index (κ2) is 4.97. The van der Waals surface area contributed by atoms with Gasteiger partial charge < -0.3 is 10.7 Å². The van der Waals surface area contributed by atoms with E-state index in [0.29, 0.717) is 17.7 Å². The average Bonchev–Trinajstić information content (AvgIpc) is 3.08. The molecule has 2 aliphatic carbocycles. The maximum atomic E-state index is 6.21. The molecule has 122 valence electrons. The summed E-state index contributed by atoms with van der Waals surface area (Å²) in [4.78, 5) is 12.9. The van der Waals surface area contributed by atoms with Crippen LogP contribution in [-0.2, 0) is 6.42 Å². The smallest absolute Gasteiger partial charge is 0.150 e. The first-order valence-electron chi connectivity index (χ1n) is 8.73. The highest BCUT2D eigenvalue weighted by atomic mass is 15.1. The van der Waals surface area contributed by atoms with Crippen molar-refractivity contribution < 1.29 is 0 Å². The lowest BCUT2D eigenvalue weighted by molar-refractivity contribution is 0.400. The van der Waals surface area contributed by atoms with E-state index < -0.39 is 0 Å². The van der Waals surface area contributed by atoms with Gasteiger partial charge in [-0.3, -0.25) is 4.40 Å². The summed E-state index contributed by atoms with van der Waals surface area (Å²) in [6, 6.07) is 2.19. The van der Waals surface area contributed by atoms with Crippen molar-refractivity contribution in [3.8, 4) is 11.4 Å². The van der Waals surface area contributed by atoms with Crippen LogP contribution in [0, 0.1) is 5.92 Å². The number of aromatic nitrogens is 4. The van der Waals surface area contributed by atoms with E-state index in [2.05, 4.69) is 39.5 Å². The molecule has 0 amide bonds. The molecule has 0 aromatic carbocycles. The topological polar surface area (TPSA) is 72.0 Å². The standard InChI is InChI=1S/C19H21N5/c1-11-5-6-13-10-15(22-14(13)9-11)16-17-18(20)21-7-8-24(17)19(23-16)12-3-2-4-12/h5-8,10-12,22H,2-4,9H2,1H3,(H2,20,21). The zero-order valence-electron chi connectivity index (χ0n) is 13.8. The predicted molar refractivity (Wildman–Crippen MR) is 95.7 cm³/mol. The first-order chi connectivity index (χ1) is 11.7. The van der Waals surface area contributed by atoms with Gasteiger partial charge in [-0.25, -0.2) is 9.97 Å². The number of nitrogen functional groups attached to an aromatic ring is 1. The fourth-order valence-corrected chi connectivity index (χ4v) is 3.85. The zero-order valence-corrected chi connectivity index (χ0v) is 13.8. The van der Waals surface area contributed by atoms with Crippen molar-refractivity contribution in [2.75, 3.05) is 5.73 Å². The molecule has 5 nitrogen and oxygen atoms in total. The fraction of sp³-hybridized carbons (Fsp3) is 0.368. The van der Waals surface area contributed by atoms with E-state index in [9.17, 15) is 0 Å². The van der Waals surface area contributed by atoms with E-state index in [0.717, 1.165) is 29.1 Å². The van der Waals surface area contributed by atoms with E-state index in [1.807, 2.05) is 6.20 Å². The summed E-state index contributed by atoms with van der Waals surface area (Å²) in [5.41, 5.74) is 11.7. The number of nitrogens with one attached hydrogen (secondary N) is 1. The SMILES string of the molecule is CC1C=Cc2cc(-c3nc(C4CCC4)n4ccnc(N)c34)[nH]c2C1. The molecule has 1 atom stereocenters. The molecule has 1 fully saturated rings. The van der Waals surface area contributed by atoms with Crippen LogP contribution in [0.2, 0.25) is 0 Å². The van der Waals surface area contributed by atoms with Gasteiger partial charge in [-0.05, 0) is 36.8 Å². The van der Waals surface area contributed by atoms with Crippen LogP contribution in [-0.4, -0.2) is 19.4 Å². The molecule has 3 N–H and O–H groups in total. The maximum Gasteiger partial charge on any atom is 0.150 e. The largest absolute Gasteiger partial charge is 0.382 e. The molecule has 0 saturated heterocycles. The van der Waals surface area contributed by atoms with E-state index in [-0.39, 0.29) is 0 Å². The van der Waals surface area contributed by atoms with Crippen molar-refractivity contribution in [3.63, 3.8) is 0 Å². The maximum absolute atomic E-state index is 6.21. The van der Waals surface area contributed by atoms with Crippen LogP contribution < -0.4 is 5.73 Å². The van der Waals surface area contributed by atoms with Gasteiger partial charge in [0.1, 0.15) is 22.9 Å². The van der Waals surface area contributed by atoms with Gasteiger partial charge in [0.2, 0.25) is 0 Å². The molecule has 1 saturated carbocycles. The molecule has 3 aromatic rings. The summed E-state index contributed by atoms with van der Waals surface area (Å²) in [5, 5.41) is 0. The Labute approximate surface area is 140 Å². The van der Waals surface area contributed by atoms with Crippen molar-refractivity contribution >= 4 is 17.4 Å². The number of hydrogen-bond acceptors (Lipinski definition) is 3. The molecule has 3 aromatic heterocycles. The Morgan fingerprint density at radius 1 is 1.33 bits per heavy atom. The second-order valence-electron chi connectivity index (χ2n) is 7.13. The zero-order chi connectivity index (χ0) is 16.3. The molecule has 3 heterocycles. The van der Waals surface area contributed by atoms with E-state index in [4.69, 9.17) is 10.7 Å².